The molecule has 5 atom stereocenters. The van der Waals surface area contributed by atoms with Crippen LogP contribution >= 0.6 is 0 Å². The molecule has 40 heavy (non-hydrogen) atoms. The van der Waals surface area contributed by atoms with Crippen LogP contribution in [0.15, 0.2) is 36.4 Å². The Labute approximate surface area is 228 Å². The maximum Gasteiger partial charge on any atom is 0.338 e. The van der Waals surface area contributed by atoms with Crippen LogP contribution in [0.1, 0.15) is 59.4 Å². The monoisotopic (exact) mass is 557 g/mol. The van der Waals surface area contributed by atoms with Gasteiger partial charge in [-0.2, -0.15) is 0 Å². The van der Waals surface area contributed by atoms with Crippen molar-refractivity contribution in [1.82, 2.24) is 0 Å². The number of amides is 1. The maximum atomic E-state index is 13.2. The third kappa shape index (κ3) is 5.77. The molecule has 2 aromatic carbocycles. The molecule has 1 heterocycles. The van der Waals surface area contributed by atoms with Crippen LogP contribution < -0.4 is 15.2 Å². The number of fused-ring (bicyclic) bond motifs is 1. The smallest absolute Gasteiger partial charge is 0.338 e. The van der Waals surface area contributed by atoms with Gasteiger partial charge in [0.25, 0.3) is 5.91 Å². The highest BCUT2D eigenvalue weighted by Crippen LogP contribution is 2.49. The zero-order valence-corrected chi connectivity index (χ0v) is 21.8. The zero-order chi connectivity index (χ0) is 29.1. The van der Waals surface area contributed by atoms with E-state index in [0.29, 0.717) is 0 Å². The molecule has 0 aromatic heterocycles. The van der Waals surface area contributed by atoms with Crippen molar-refractivity contribution in [1.29, 1.82) is 0 Å². The van der Waals surface area contributed by atoms with Crippen LogP contribution in [-0.4, -0.2) is 66.1 Å². The van der Waals surface area contributed by atoms with E-state index in [2.05, 4.69) is 0 Å². The van der Waals surface area contributed by atoms with Crippen LogP contribution in [-0.2, 0) is 33.3 Å². The summed E-state index contributed by atoms with van der Waals surface area (Å²) in [6.07, 6.45) is -5.76. The minimum absolute atomic E-state index is 0.0377. The van der Waals surface area contributed by atoms with Crippen LogP contribution in [0.3, 0.4) is 0 Å². The normalized spacial score (nSPS) is 23.0. The van der Waals surface area contributed by atoms with Crippen LogP contribution in [0.2, 0.25) is 0 Å². The second-order valence-electron chi connectivity index (χ2n) is 9.16. The van der Waals surface area contributed by atoms with E-state index in [-0.39, 0.29) is 41.4 Å². The van der Waals surface area contributed by atoms with Crippen LogP contribution in [0, 0.1) is 0 Å². The molecule has 13 heteroatoms. The van der Waals surface area contributed by atoms with Gasteiger partial charge >= 0.3 is 23.9 Å². The highest BCUT2D eigenvalue weighted by atomic mass is 16.7. The molecular formula is C27H27NO12. The SMILES string of the molecule is CC(=O)O[C@@H]1[C@@H](OC(C)=O)[C@@H](OC(C)=O)C[C@@H](c2cc3c(c(O)c2C(N)=O)OCO3)[C@H]1OC(=O)c1ccccc1. The average Bonchev–Trinajstić information content (AvgIpc) is 3.36. The topological polar surface area (TPSA) is 187 Å². The summed E-state index contributed by atoms with van der Waals surface area (Å²) in [5.41, 5.74) is 5.45. The Balaban J connectivity index is 1.91. The molecule has 1 aliphatic carbocycles. The van der Waals surface area contributed by atoms with Gasteiger partial charge in [-0.05, 0) is 30.2 Å². The van der Waals surface area contributed by atoms with Gasteiger partial charge in [-0.3, -0.25) is 19.2 Å². The quantitative estimate of drug-likeness (QED) is 0.371. The van der Waals surface area contributed by atoms with Crippen molar-refractivity contribution in [3.8, 4) is 17.2 Å². The molecule has 4 rings (SSSR count). The van der Waals surface area contributed by atoms with Crippen LogP contribution in [0.5, 0.6) is 17.2 Å². The van der Waals surface area contributed by atoms with E-state index in [1.54, 1.807) is 18.2 Å². The number of ether oxygens (including phenoxy) is 6. The first-order chi connectivity index (χ1) is 19.0. The van der Waals surface area contributed by atoms with Gasteiger partial charge in [0.15, 0.2) is 23.7 Å². The molecular weight excluding hydrogens is 530 g/mol. The molecule has 0 radical (unpaired) electrons. The van der Waals surface area contributed by atoms with Gasteiger partial charge < -0.3 is 39.3 Å². The molecule has 2 aliphatic rings. The van der Waals surface area contributed by atoms with Gasteiger partial charge in [-0.15, -0.1) is 0 Å². The number of hydrogen-bond donors (Lipinski definition) is 2. The molecule has 1 amide bonds. The number of nitrogens with two attached hydrogens (primary N) is 1. The molecule has 0 spiro atoms. The summed E-state index contributed by atoms with van der Waals surface area (Å²) in [6.45, 7) is 3.08. The molecule has 13 nitrogen and oxygen atoms in total. The van der Waals surface area contributed by atoms with E-state index >= 15 is 0 Å². The Morgan fingerprint density at radius 3 is 2.08 bits per heavy atom. The highest BCUT2D eigenvalue weighted by molar-refractivity contribution is 5.99. The fourth-order valence-corrected chi connectivity index (χ4v) is 4.95. The third-order valence-electron chi connectivity index (χ3n) is 6.39. The van der Waals surface area contributed by atoms with Gasteiger partial charge in [-0.25, -0.2) is 4.79 Å². The zero-order valence-electron chi connectivity index (χ0n) is 21.8. The number of primary amides is 1. The van der Waals surface area contributed by atoms with Crippen molar-refractivity contribution in [3.05, 3.63) is 53.1 Å². The predicted octanol–water partition coefficient (Wildman–Crippen LogP) is 1.73. The number of aromatic hydroxyl groups is 1. The Morgan fingerprint density at radius 2 is 1.48 bits per heavy atom. The number of rotatable bonds is 7. The minimum atomic E-state index is -1.51. The van der Waals surface area contributed by atoms with Gasteiger partial charge in [0.1, 0.15) is 12.2 Å². The first kappa shape index (κ1) is 28.2. The summed E-state index contributed by atoms with van der Waals surface area (Å²) in [7, 11) is 0. The molecule has 1 saturated carbocycles. The molecule has 0 saturated heterocycles. The van der Waals surface area contributed by atoms with E-state index in [1.807, 2.05) is 0 Å². The van der Waals surface area contributed by atoms with E-state index in [4.69, 9.17) is 34.2 Å². The highest BCUT2D eigenvalue weighted by Gasteiger charge is 2.54. The molecule has 1 aliphatic heterocycles. The maximum absolute atomic E-state index is 13.2. The second kappa shape index (κ2) is 11.5. The van der Waals surface area contributed by atoms with E-state index in [9.17, 15) is 29.1 Å². The minimum Gasteiger partial charge on any atom is -0.504 e. The van der Waals surface area contributed by atoms with Crippen molar-refractivity contribution >= 4 is 29.8 Å². The van der Waals surface area contributed by atoms with Gasteiger partial charge in [-0.1, -0.05) is 18.2 Å². The molecule has 212 valence electrons. The summed E-state index contributed by atoms with van der Waals surface area (Å²) in [4.78, 5) is 62.2. The Morgan fingerprint density at radius 1 is 0.850 bits per heavy atom. The van der Waals surface area contributed by atoms with E-state index < -0.39 is 65.9 Å². The number of carbonyl (C=O) groups excluding carboxylic acids is 5. The lowest BCUT2D eigenvalue weighted by Crippen LogP contribution is -2.58. The summed E-state index contributed by atoms with van der Waals surface area (Å²) in [5.74, 6) is -5.99. The molecule has 0 bridgehead atoms. The van der Waals surface area contributed by atoms with Crippen molar-refractivity contribution < 1.29 is 57.5 Å². The Kier molecular flexibility index (Phi) is 8.12. The molecule has 1 fully saturated rings. The van der Waals surface area contributed by atoms with Gasteiger partial charge in [0, 0.05) is 26.7 Å². The van der Waals surface area contributed by atoms with Crippen molar-refractivity contribution in [3.63, 3.8) is 0 Å². The number of benzene rings is 2. The van der Waals surface area contributed by atoms with E-state index in [0.717, 1.165) is 20.8 Å². The van der Waals surface area contributed by atoms with Crippen LogP contribution in [0.4, 0.5) is 0 Å². The number of hydrogen-bond acceptors (Lipinski definition) is 12. The number of phenols is 1. The molecule has 2 aromatic rings. The lowest BCUT2D eigenvalue weighted by Gasteiger charge is -2.44. The second-order valence-corrected chi connectivity index (χ2v) is 9.16. The largest absolute Gasteiger partial charge is 0.504 e. The molecule has 0 unspecified atom stereocenters. The standard InChI is InChI=1S/C27H27NO12/c1-12(29)37-19-10-17(16-9-18-23(36-11-35-18)21(32)20(16)26(28)33)22(40-27(34)15-7-5-4-6-8-15)25(39-14(3)31)24(19)38-13(2)30/h4-9,17,19,22,24-25,32H,10-11H2,1-3H3,(H2,28,33)/t17-,19-,22+,24-,25-/m0/s1. The van der Waals surface area contributed by atoms with Crippen molar-refractivity contribution in [2.24, 2.45) is 5.73 Å². The summed E-state index contributed by atoms with van der Waals surface area (Å²) in [5, 5.41) is 10.9. The Bertz CT molecular complexity index is 1340. The lowest BCUT2D eigenvalue weighted by molar-refractivity contribution is -0.206. The summed E-state index contributed by atoms with van der Waals surface area (Å²) >= 11 is 0. The van der Waals surface area contributed by atoms with Gasteiger partial charge in [0.05, 0.1) is 11.1 Å². The first-order valence-electron chi connectivity index (χ1n) is 12.2. The lowest BCUT2D eigenvalue weighted by atomic mass is 9.75. The fraction of sp³-hybridized carbons (Fsp3) is 0.370. The fourth-order valence-electron chi connectivity index (χ4n) is 4.95. The molecule has 3 N–H and O–H groups in total. The van der Waals surface area contributed by atoms with Crippen LogP contribution in [0.25, 0.3) is 0 Å². The number of carbonyl (C=O) groups is 5. The number of esters is 4. The summed E-state index contributed by atoms with van der Waals surface area (Å²) in [6, 6.07) is 9.27. The summed E-state index contributed by atoms with van der Waals surface area (Å²) < 4.78 is 32.9. The predicted molar refractivity (Wildman–Crippen MR) is 132 cm³/mol. The Hall–Kier alpha value is -4.81. The van der Waals surface area contributed by atoms with E-state index in [1.165, 1.54) is 18.2 Å². The van der Waals surface area contributed by atoms with Crippen molar-refractivity contribution in [2.45, 2.75) is 57.5 Å². The third-order valence-corrected chi connectivity index (χ3v) is 6.39. The first-order valence-corrected chi connectivity index (χ1v) is 12.2. The van der Waals surface area contributed by atoms with Crippen molar-refractivity contribution in [2.75, 3.05) is 6.79 Å². The van der Waals surface area contributed by atoms with Gasteiger partial charge in [0.2, 0.25) is 12.5 Å². The average molecular weight is 558 g/mol.